The molecule has 0 amide bonds. The van der Waals surface area contributed by atoms with Crippen LogP contribution in [-0.2, 0) is 32.2 Å². The summed E-state index contributed by atoms with van der Waals surface area (Å²) in [5.41, 5.74) is 0.930. The van der Waals surface area contributed by atoms with Crippen LogP contribution in [0.5, 0.6) is 0 Å². The Morgan fingerprint density at radius 2 is 1.55 bits per heavy atom. The number of carbonyl (C=O) groups is 1. The fourth-order valence-corrected chi connectivity index (χ4v) is 4.57. The lowest BCUT2D eigenvalue weighted by molar-refractivity contribution is -0.146. The number of hydrogen-bond donors (Lipinski definition) is 0. The summed E-state index contributed by atoms with van der Waals surface area (Å²) in [5.74, 6) is -0.524. The predicted molar refractivity (Wildman–Crippen MR) is 113 cm³/mol. The molecular weight excluding hydrogens is 438 g/mol. The molecule has 0 radical (unpaired) electrons. The molecule has 1 saturated heterocycles. The summed E-state index contributed by atoms with van der Waals surface area (Å²) in [6.07, 6.45) is -2.20. The largest absolute Gasteiger partial charge is 0.448 e. The zero-order chi connectivity index (χ0) is 20.8. The van der Waals surface area contributed by atoms with Crippen molar-refractivity contribution < 1.29 is 23.4 Å². The lowest BCUT2D eigenvalue weighted by Crippen LogP contribution is -2.35. The lowest BCUT2D eigenvalue weighted by Gasteiger charge is -2.21. The number of benzene rings is 2. The Bertz CT molecular complexity index is 803. The molecule has 0 N–H and O–H groups in total. The summed E-state index contributed by atoms with van der Waals surface area (Å²) >= 11 is 13.0. The summed E-state index contributed by atoms with van der Waals surface area (Å²) in [4.78, 5) is 11.3. The van der Waals surface area contributed by atoms with Gasteiger partial charge in [-0.1, -0.05) is 47.5 Å². The molecule has 4 unspecified atom stereocenters. The van der Waals surface area contributed by atoms with Crippen molar-refractivity contribution in [3.63, 3.8) is 0 Å². The molecule has 1 aliphatic rings. The van der Waals surface area contributed by atoms with E-state index in [1.807, 2.05) is 24.3 Å². The molecule has 0 spiro atoms. The normalized spacial score (nSPS) is 23.9. The summed E-state index contributed by atoms with van der Waals surface area (Å²) < 4.78 is 31.7. The predicted octanol–water partition coefficient (Wildman–Crippen LogP) is 5.44. The maximum Gasteiger partial charge on any atom is 0.303 e. The van der Waals surface area contributed by atoms with E-state index in [-0.39, 0.29) is 18.5 Å². The number of rotatable bonds is 8. The Hall–Kier alpha value is -1.31. The van der Waals surface area contributed by atoms with E-state index < -0.39 is 23.7 Å². The van der Waals surface area contributed by atoms with E-state index in [0.717, 1.165) is 11.1 Å². The van der Waals surface area contributed by atoms with Crippen molar-refractivity contribution in [2.75, 3.05) is 6.61 Å². The van der Waals surface area contributed by atoms with Crippen LogP contribution in [0.4, 0.5) is 4.39 Å². The Labute approximate surface area is 183 Å². The topological polar surface area (TPSA) is 44.8 Å². The van der Waals surface area contributed by atoms with Gasteiger partial charge in [0.1, 0.15) is 6.10 Å². The van der Waals surface area contributed by atoms with Crippen LogP contribution in [0.2, 0.25) is 10.0 Å². The van der Waals surface area contributed by atoms with Crippen LogP contribution in [0.25, 0.3) is 0 Å². The minimum Gasteiger partial charge on any atom is -0.448 e. The number of thioether (sulfide) groups is 1. The fraction of sp³-hybridized carbons (Fsp3) is 0.381. The van der Waals surface area contributed by atoms with Crippen LogP contribution in [0.1, 0.15) is 18.1 Å². The Balaban J connectivity index is 1.60. The number of ether oxygens (including phenoxy) is 3. The van der Waals surface area contributed by atoms with Gasteiger partial charge in [-0.3, -0.25) is 4.79 Å². The number of esters is 1. The molecule has 0 aromatic heterocycles. The van der Waals surface area contributed by atoms with Crippen molar-refractivity contribution in [1.82, 2.24) is 0 Å². The molecule has 0 saturated carbocycles. The summed E-state index contributed by atoms with van der Waals surface area (Å²) in [6.45, 7) is 2.12. The van der Waals surface area contributed by atoms with Gasteiger partial charge in [0.2, 0.25) is 0 Å². The van der Waals surface area contributed by atoms with Gasteiger partial charge < -0.3 is 14.2 Å². The van der Waals surface area contributed by atoms with Crippen molar-refractivity contribution >= 4 is 40.9 Å². The van der Waals surface area contributed by atoms with Gasteiger partial charge >= 0.3 is 5.97 Å². The highest BCUT2D eigenvalue weighted by Crippen LogP contribution is 2.39. The highest BCUT2D eigenvalue weighted by atomic mass is 35.5. The zero-order valence-corrected chi connectivity index (χ0v) is 18.1. The third kappa shape index (κ3) is 6.59. The smallest absolute Gasteiger partial charge is 0.303 e. The van der Waals surface area contributed by atoms with Crippen molar-refractivity contribution in [3.8, 4) is 0 Å². The van der Waals surface area contributed by atoms with Crippen molar-refractivity contribution in [1.29, 1.82) is 0 Å². The van der Waals surface area contributed by atoms with Gasteiger partial charge in [0.25, 0.3) is 0 Å². The van der Waals surface area contributed by atoms with Crippen molar-refractivity contribution in [2.45, 2.75) is 43.1 Å². The second kappa shape index (κ2) is 10.6. The van der Waals surface area contributed by atoms with Gasteiger partial charge in [-0.05, 0) is 35.4 Å². The Morgan fingerprint density at radius 1 is 1.00 bits per heavy atom. The molecule has 2 aromatic rings. The molecule has 4 atom stereocenters. The second-order valence-electron chi connectivity index (χ2n) is 6.64. The lowest BCUT2D eigenvalue weighted by atomic mass is 10.1. The summed E-state index contributed by atoms with van der Waals surface area (Å²) in [7, 11) is 0. The van der Waals surface area contributed by atoms with Gasteiger partial charge in [-0.25, -0.2) is 4.39 Å². The van der Waals surface area contributed by atoms with Crippen LogP contribution in [0.15, 0.2) is 48.5 Å². The molecule has 8 heteroatoms. The highest BCUT2D eigenvalue weighted by molar-refractivity contribution is 8.00. The average molecular weight is 459 g/mol. The van der Waals surface area contributed by atoms with E-state index in [0.29, 0.717) is 16.7 Å². The van der Waals surface area contributed by atoms with Crippen LogP contribution >= 0.6 is 35.0 Å². The maximum atomic E-state index is 14.9. The third-order valence-electron chi connectivity index (χ3n) is 4.35. The number of alkyl halides is 1. The maximum absolute atomic E-state index is 14.9. The van der Waals surface area contributed by atoms with E-state index >= 15 is 0 Å². The third-order valence-corrected chi connectivity index (χ3v) is 6.23. The summed E-state index contributed by atoms with van der Waals surface area (Å²) in [6, 6.07) is 14.5. The van der Waals surface area contributed by atoms with Crippen molar-refractivity contribution in [3.05, 3.63) is 69.7 Å². The molecule has 2 aromatic carbocycles. The minimum atomic E-state index is -1.44. The molecule has 156 valence electrons. The van der Waals surface area contributed by atoms with E-state index in [4.69, 9.17) is 37.4 Å². The van der Waals surface area contributed by atoms with Crippen molar-refractivity contribution in [2.24, 2.45) is 0 Å². The first-order valence-electron chi connectivity index (χ1n) is 9.07. The van der Waals surface area contributed by atoms with Gasteiger partial charge in [-0.15, -0.1) is 11.8 Å². The first-order valence-corrected chi connectivity index (χ1v) is 10.8. The van der Waals surface area contributed by atoms with Crippen LogP contribution in [0, 0.1) is 0 Å². The first-order chi connectivity index (χ1) is 13.9. The Kier molecular flexibility index (Phi) is 8.21. The zero-order valence-electron chi connectivity index (χ0n) is 15.7. The SMILES string of the molecule is CC(=O)OC1SC(COCc2ccc(Cl)cc2)C(OCc2ccc(Cl)cc2)C1F. The van der Waals surface area contributed by atoms with E-state index in [9.17, 15) is 9.18 Å². The molecule has 0 aliphatic carbocycles. The molecular formula is C21H21Cl2FO4S. The molecule has 3 rings (SSSR count). The van der Waals surface area contributed by atoms with Crippen LogP contribution < -0.4 is 0 Å². The number of carbonyl (C=O) groups excluding carboxylic acids is 1. The van der Waals surface area contributed by atoms with Gasteiger partial charge in [0.15, 0.2) is 11.6 Å². The Morgan fingerprint density at radius 3 is 2.10 bits per heavy atom. The molecule has 1 heterocycles. The minimum absolute atomic E-state index is 0.225. The van der Waals surface area contributed by atoms with E-state index in [1.165, 1.54) is 18.7 Å². The molecule has 1 aliphatic heterocycles. The summed E-state index contributed by atoms with van der Waals surface area (Å²) in [5, 5.41) is 0.964. The van der Waals surface area contributed by atoms with E-state index in [2.05, 4.69) is 0 Å². The number of hydrogen-bond acceptors (Lipinski definition) is 5. The quantitative estimate of drug-likeness (QED) is 0.492. The molecule has 4 nitrogen and oxygen atoms in total. The van der Waals surface area contributed by atoms with Crippen LogP contribution in [-0.4, -0.2) is 35.5 Å². The average Bonchev–Trinajstić information content (AvgIpc) is 2.97. The monoisotopic (exact) mass is 458 g/mol. The molecule has 29 heavy (non-hydrogen) atoms. The molecule has 1 fully saturated rings. The van der Waals surface area contributed by atoms with Crippen LogP contribution in [0.3, 0.4) is 0 Å². The van der Waals surface area contributed by atoms with Gasteiger partial charge in [0.05, 0.1) is 25.1 Å². The first kappa shape index (κ1) is 22.4. The second-order valence-corrected chi connectivity index (χ2v) is 8.86. The highest BCUT2D eigenvalue weighted by Gasteiger charge is 2.47. The standard InChI is InChI=1S/C21H21Cl2FO4S/c1-13(25)28-21-19(24)20(27-11-15-4-8-17(23)9-5-15)18(29-21)12-26-10-14-2-6-16(22)7-3-14/h2-9,18-21H,10-12H2,1H3. The molecule has 0 bridgehead atoms. The van der Waals surface area contributed by atoms with Gasteiger partial charge in [0, 0.05) is 17.0 Å². The van der Waals surface area contributed by atoms with Gasteiger partial charge in [-0.2, -0.15) is 0 Å². The fourth-order valence-electron chi connectivity index (χ4n) is 2.92. The number of halogens is 3. The van der Waals surface area contributed by atoms with E-state index in [1.54, 1.807) is 24.3 Å².